The quantitative estimate of drug-likeness (QED) is 0.166. The molecule has 0 unspecified atom stereocenters. The van der Waals surface area contributed by atoms with Gasteiger partial charge in [0.25, 0.3) is 0 Å². The van der Waals surface area contributed by atoms with Gasteiger partial charge in [0.2, 0.25) is 0 Å². The van der Waals surface area contributed by atoms with Crippen molar-refractivity contribution in [1.82, 2.24) is 4.98 Å². The third-order valence-electron chi connectivity index (χ3n) is 11.2. The lowest BCUT2D eigenvalue weighted by atomic mass is 9.78. The van der Waals surface area contributed by atoms with E-state index in [4.69, 9.17) is 16.6 Å². The number of halogens is 2. The summed E-state index contributed by atoms with van der Waals surface area (Å²) in [6, 6.07) is 42.5. The molecule has 1 aromatic heterocycles. The zero-order valence-corrected chi connectivity index (χ0v) is 40.5. The molecule has 0 spiro atoms. The van der Waals surface area contributed by atoms with Crippen molar-refractivity contribution >= 4 is 44.6 Å². The van der Waals surface area contributed by atoms with Gasteiger partial charge in [0, 0.05) is 54.1 Å². The third-order valence-corrected chi connectivity index (χ3v) is 11.8. The maximum absolute atomic E-state index is 6.94. The topological polar surface area (TPSA) is 16.1 Å². The molecule has 4 heteroatoms. The van der Waals surface area contributed by atoms with E-state index in [0.29, 0.717) is 5.02 Å². The van der Waals surface area contributed by atoms with E-state index in [0.717, 1.165) is 60.7 Å². The number of hydrogen-bond donors (Lipinski definition) is 0. The fraction of sp³-hybridized carbons (Fsp3) is 0.364. The molecule has 0 aliphatic carbocycles. The normalized spacial score (nSPS) is 12.8. The highest BCUT2D eigenvalue weighted by Gasteiger charge is 2.31. The van der Waals surface area contributed by atoms with E-state index >= 15 is 0 Å². The van der Waals surface area contributed by atoms with Crippen LogP contribution in [-0.2, 0) is 27.1 Å². The van der Waals surface area contributed by atoms with Crippen LogP contribution < -0.4 is 4.90 Å². The lowest BCUT2D eigenvalue weighted by molar-refractivity contribution is 0.532. The Hall–Kier alpha value is -4.18. The van der Waals surface area contributed by atoms with Gasteiger partial charge in [-0.1, -0.05) is 192 Å². The monoisotopic (exact) mass is 866 g/mol. The van der Waals surface area contributed by atoms with Gasteiger partial charge in [0.15, 0.2) is 0 Å². The highest BCUT2D eigenvalue weighted by Crippen LogP contribution is 2.51. The van der Waals surface area contributed by atoms with Gasteiger partial charge in [0.05, 0.1) is 11.4 Å². The van der Waals surface area contributed by atoms with Crippen molar-refractivity contribution in [1.29, 1.82) is 0 Å². The molecule has 0 N–H and O–H groups in total. The summed E-state index contributed by atoms with van der Waals surface area (Å²) in [5.41, 5.74) is 15.4. The van der Waals surface area contributed by atoms with Crippen molar-refractivity contribution in [3.8, 4) is 33.4 Å². The Balaban J connectivity index is 1.80. The van der Waals surface area contributed by atoms with Crippen LogP contribution in [0, 0.1) is 0 Å². The highest BCUT2D eigenvalue weighted by atomic mass is 79.9. The molecule has 0 amide bonds. The molecule has 0 aliphatic heterocycles. The second-order valence-corrected chi connectivity index (χ2v) is 22.8. The summed E-state index contributed by atoms with van der Waals surface area (Å²) >= 11 is 11.0. The Morgan fingerprint density at radius 2 is 1.00 bits per heavy atom. The van der Waals surface area contributed by atoms with Gasteiger partial charge >= 0.3 is 0 Å². The number of nitrogens with zero attached hydrogens (tertiary/aromatic N) is 2. The van der Waals surface area contributed by atoms with E-state index in [1.54, 1.807) is 0 Å². The third kappa shape index (κ3) is 9.90. The predicted octanol–water partition coefficient (Wildman–Crippen LogP) is 17.5. The van der Waals surface area contributed by atoms with E-state index in [1.165, 1.54) is 22.3 Å². The zero-order chi connectivity index (χ0) is 43.5. The first-order valence-corrected chi connectivity index (χ1v) is 22.2. The minimum atomic E-state index is -0.245. The minimum Gasteiger partial charge on any atom is -0.309 e. The fourth-order valence-corrected chi connectivity index (χ4v) is 8.24. The first-order chi connectivity index (χ1) is 27.2. The van der Waals surface area contributed by atoms with Gasteiger partial charge in [-0.3, -0.25) is 4.98 Å². The summed E-state index contributed by atoms with van der Waals surface area (Å²) in [5, 5.41) is 0.677. The number of benzene rings is 5. The highest BCUT2D eigenvalue weighted by molar-refractivity contribution is 9.10. The summed E-state index contributed by atoms with van der Waals surface area (Å²) in [4.78, 5) is 7.95. The van der Waals surface area contributed by atoms with Gasteiger partial charge in [0.1, 0.15) is 0 Å². The first kappa shape index (κ1) is 44.4. The number of pyridine rings is 1. The van der Waals surface area contributed by atoms with Crippen molar-refractivity contribution in [2.24, 2.45) is 0 Å². The molecule has 0 saturated heterocycles. The SMILES string of the molecule is CC(C)(C)c1cc(-c2cc(Br)cc(N(c3cccc(Cl)c3)c3c(-c4ccccc4)cc(C(C)(C)C)cc3-c3ccc(C(C)(C)C)nc3C(C)(C)C)c2)cc(C(C)(C)C)c1. The van der Waals surface area contributed by atoms with E-state index in [1.807, 2.05) is 6.07 Å². The maximum atomic E-state index is 6.94. The molecule has 1 heterocycles. The van der Waals surface area contributed by atoms with Crippen molar-refractivity contribution < 1.29 is 0 Å². The smallest absolute Gasteiger partial charge is 0.0619 e. The van der Waals surface area contributed by atoms with Crippen molar-refractivity contribution in [2.45, 2.75) is 131 Å². The zero-order valence-electron chi connectivity index (χ0n) is 38.1. The Morgan fingerprint density at radius 3 is 1.54 bits per heavy atom. The lowest BCUT2D eigenvalue weighted by Crippen LogP contribution is -2.22. The largest absolute Gasteiger partial charge is 0.309 e. The molecule has 6 aromatic rings. The standard InChI is InChI=1S/C55H64BrClN2/c1-51(2,3)38-26-36(27-39(30-38)52(4,5)6)37-28-41(56)33-44(29-37)59(43-23-19-22-42(57)34-43)49-46(35-20-17-16-18-21-35)31-40(53(7,8)9)32-47(49)45-24-25-48(54(10,11)12)58-50(45)55(13,14)15/h16-34H,1-15H3. The van der Waals surface area contributed by atoms with Crippen LogP contribution in [0.25, 0.3) is 33.4 Å². The van der Waals surface area contributed by atoms with Gasteiger partial charge in [-0.2, -0.15) is 0 Å². The molecule has 308 valence electrons. The van der Waals surface area contributed by atoms with Gasteiger partial charge < -0.3 is 4.90 Å². The molecule has 5 aromatic carbocycles. The van der Waals surface area contributed by atoms with Crippen LogP contribution in [0.2, 0.25) is 5.02 Å². The average molecular weight is 868 g/mol. The number of aromatic nitrogens is 1. The number of hydrogen-bond acceptors (Lipinski definition) is 2. The summed E-state index contributed by atoms with van der Waals surface area (Å²) in [6.07, 6.45) is 0. The van der Waals surface area contributed by atoms with Gasteiger partial charge in [-0.05, 0) is 104 Å². The summed E-state index contributed by atoms with van der Waals surface area (Å²) in [5.74, 6) is 0. The minimum absolute atomic E-state index is 0.0205. The fourth-order valence-electron chi connectivity index (χ4n) is 7.57. The molecule has 0 bridgehead atoms. The van der Waals surface area contributed by atoms with Crippen LogP contribution in [-0.4, -0.2) is 4.98 Å². The van der Waals surface area contributed by atoms with Crippen LogP contribution in [0.15, 0.2) is 120 Å². The lowest BCUT2D eigenvalue weighted by Gasteiger charge is -2.34. The van der Waals surface area contributed by atoms with Crippen molar-refractivity contribution in [3.63, 3.8) is 0 Å². The molecular weight excluding hydrogens is 804 g/mol. The average Bonchev–Trinajstić information content (AvgIpc) is 3.13. The Kier molecular flexibility index (Phi) is 12.0. The second-order valence-electron chi connectivity index (χ2n) is 21.4. The summed E-state index contributed by atoms with van der Waals surface area (Å²) in [6.45, 7) is 34.3. The van der Waals surface area contributed by atoms with Crippen LogP contribution in [0.3, 0.4) is 0 Å². The summed E-state index contributed by atoms with van der Waals surface area (Å²) in [7, 11) is 0. The Morgan fingerprint density at radius 1 is 0.441 bits per heavy atom. The molecule has 0 aliphatic rings. The molecule has 0 radical (unpaired) electrons. The maximum Gasteiger partial charge on any atom is 0.0619 e. The van der Waals surface area contributed by atoms with Crippen LogP contribution in [0.5, 0.6) is 0 Å². The van der Waals surface area contributed by atoms with E-state index < -0.39 is 0 Å². The number of anilines is 3. The Bertz CT molecular complexity index is 2450. The molecule has 0 atom stereocenters. The first-order valence-electron chi connectivity index (χ1n) is 21.0. The van der Waals surface area contributed by atoms with Crippen LogP contribution >= 0.6 is 27.5 Å². The second kappa shape index (κ2) is 16.0. The van der Waals surface area contributed by atoms with E-state index in [2.05, 4.69) is 234 Å². The van der Waals surface area contributed by atoms with E-state index in [9.17, 15) is 0 Å². The predicted molar refractivity (Wildman–Crippen MR) is 261 cm³/mol. The molecular formula is C55H64BrClN2. The summed E-state index contributed by atoms with van der Waals surface area (Å²) < 4.78 is 0.996. The molecule has 6 rings (SSSR count). The van der Waals surface area contributed by atoms with Gasteiger partial charge in [-0.25, -0.2) is 0 Å². The number of rotatable bonds is 6. The molecule has 0 fully saturated rings. The molecule has 0 saturated carbocycles. The van der Waals surface area contributed by atoms with E-state index in [-0.39, 0.29) is 27.1 Å². The van der Waals surface area contributed by atoms with Crippen LogP contribution in [0.4, 0.5) is 17.1 Å². The van der Waals surface area contributed by atoms with Gasteiger partial charge in [-0.15, -0.1) is 0 Å². The van der Waals surface area contributed by atoms with Crippen molar-refractivity contribution in [3.05, 3.63) is 153 Å². The van der Waals surface area contributed by atoms with Crippen molar-refractivity contribution in [2.75, 3.05) is 4.90 Å². The molecule has 59 heavy (non-hydrogen) atoms. The molecule has 2 nitrogen and oxygen atoms in total. The van der Waals surface area contributed by atoms with Crippen LogP contribution in [0.1, 0.15) is 132 Å². The Labute approximate surface area is 369 Å².